The predicted molar refractivity (Wildman–Crippen MR) is 124 cm³/mol. The number of benzene rings is 2. The minimum absolute atomic E-state index is 0.0186. The molecule has 0 aromatic heterocycles. The van der Waals surface area contributed by atoms with E-state index in [1.807, 2.05) is 18.2 Å². The Kier molecular flexibility index (Phi) is 9.37. The van der Waals surface area contributed by atoms with Crippen molar-refractivity contribution in [3.8, 4) is 11.5 Å². The Hall–Kier alpha value is -2.54. The number of anilines is 1. The molecule has 0 bridgehead atoms. The molecule has 0 unspecified atom stereocenters. The number of carbonyl (C=O) groups is 1. The third kappa shape index (κ3) is 6.99. The molecule has 0 atom stereocenters. The number of para-hydroxylation sites is 1. The van der Waals surface area contributed by atoms with Crippen LogP contribution in [0, 0.1) is 0 Å². The van der Waals surface area contributed by atoms with E-state index in [0.717, 1.165) is 45.0 Å². The molecule has 0 heterocycles. The van der Waals surface area contributed by atoms with Crippen molar-refractivity contribution in [1.82, 2.24) is 0 Å². The van der Waals surface area contributed by atoms with Crippen molar-refractivity contribution in [2.75, 3.05) is 30.9 Å². The first-order chi connectivity index (χ1) is 14.8. The number of esters is 1. The van der Waals surface area contributed by atoms with Crippen LogP contribution in [0.1, 0.15) is 56.8 Å². The van der Waals surface area contributed by atoms with Gasteiger partial charge in [-0.15, -0.1) is 0 Å². The maximum atomic E-state index is 12.7. The second-order valence-corrected chi connectivity index (χ2v) is 9.41. The summed E-state index contributed by atoms with van der Waals surface area (Å²) in [5, 5.41) is 0. The molecule has 0 saturated heterocycles. The Morgan fingerprint density at radius 3 is 2.10 bits per heavy atom. The van der Waals surface area contributed by atoms with Crippen LogP contribution < -0.4 is 9.64 Å². The average Bonchev–Trinajstić information content (AvgIpc) is 2.74. The van der Waals surface area contributed by atoms with Crippen LogP contribution in [0.2, 0.25) is 0 Å². The number of unbranched alkanes of at least 4 members (excludes halogenated alkanes) is 2. The lowest BCUT2D eigenvalue weighted by Crippen LogP contribution is -2.27. The monoisotopic (exact) mass is 447 g/mol. The van der Waals surface area contributed by atoms with Crippen LogP contribution >= 0.6 is 0 Å². The molecule has 0 amide bonds. The molecule has 0 N–H and O–H groups in total. The van der Waals surface area contributed by atoms with E-state index in [-0.39, 0.29) is 22.8 Å². The van der Waals surface area contributed by atoms with Gasteiger partial charge < -0.3 is 14.4 Å². The predicted octanol–water partition coefficient (Wildman–Crippen LogP) is 5.47. The van der Waals surface area contributed by atoms with Gasteiger partial charge in [-0.2, -0.15) is 0 Å². The quantitative estimate of drug-likeness (QED) is 0.402. The summed E-state index contributed by atoms with van der Waals surface area (Å²) in [4.78, 5) is 14.6. The van der Waals surface area contributed by atoms with Gasteiger partial charge in [0.15, 0.2) is 15.6 Å². The van der Waals surface area contributed by atoms with Gasteiger partial charge in [-0.3, -0.25) is 0 Å². The molecular weight excluding hydrogens is 414 g/mol. The molecule has 0 saturated carbocycles. The van der Waals surface area contributed by atoms with Crippen LogP contribution in [-0.2, 0) is 14.6 Å². The van der Waals surface area contributed by atoms with Gasteiger partial charge in [0.05, 0.1) is 17.9 Å². The van der Waals surface area contributed by atoms with Crippen LogP contribution in [0.3, 0.4) is 0 Å². The maximum absolute atomic E-state index is 12.7. The molecular formula is C24H33NO5S. The minimum atomic E-state index is -3.68. The van der Waals surface area contributed by atoms with E-state index in [1.165, 1.54) is 6.07 Å². The molecule has 0 fully saturated rings. The molecule has 170 valence electrons. The number of nitrogens with zero attached hydrogens (tertiary/aromatic N) is 1. The number of hydrogen-bond acceptors (Lipinski definition) is 6. The van der Waals surface area contributed by atoms with Crippen molar-refractivity contribution < 1.29 is 22.7 Å². The fraction of sp³-hybridized carbons (Fsp3) is 0.458. The van der Waals surface area contributed by atoms with Gasteiger partial charge in [0.25, 0.3) is 0 Å². The SMILES string of the molecule is CCCCN(CCCC)c1cc(C(=O)OCC)cc(S(C)(=O)=O)c1Oc1ccccc1. The van der Waals surface area contributed by atoms with Gasteiger partial charge in [0.1, 0.15) is 10.6 Å². The van der Waals surface area contributed by atoms with Gasteiger partial charge in [0.2, 0.25) is 0 Å². The Labute approximate surface area is 186 Å². The number of hydrogen-bond donors (Lipinski definition) is 0. The number of rotatable bonds is 12. The number of carbonyl (C=O) groups excluding carboxylic acids is 1. The van der Waals surface area contributed by atoms with E-state index < -0.39 is 15.8 Å². The fourth-order valence-corrected chi connectivity index (χ4v) is 4.01. The van der Waals surface area contributed by atoms with E-state index >= 15 is 0 Å². The molecule has 0 aliphatic carbocycles. The molecule has 2 aromatic carbocycles. The zero-order chi connectivity index (χ0) is 22.9. The van der Waals surface area contributed by atoms with Crippen LogP contribution in [0.25, 0.3) is 0 Å². The topological polar surface area (TPSA) is 72.9 Å². The molecule has 0 radical (unpaired) electrons. The van der Waals surface area contributed by atoms with Crippen LogP contribution in [0.5, 0.6) is 11.5 Å². The average molecular weight is 448 g/mol. The standard InChI is InChI=1S/C24H33NO5S/c1-5-8-15-25(16-9-6-2)21-17-19(24(26)29-7-3)18-22(31(4,27)28)23(21)30-20-13-11-10-12-14-20/h10-14,17-18H,5-9,15-16H2,1-4H3. The van der Waals surface area contributed by atoms with Crippen molar-refractivity contribution in [2.45, 2.75) is 51.3 Å². The normalized spacial score (nSPS) is 11.2. The molecule has 31 heavy (non-hydrogen) atoms. The molecule has 0 aliphatic heterocycles. The Morgan fingerprint density at radius 1 is 0.968 bits per heavy atom. The fourth-order valence-electron chi connectivity index (χ4n) is 3.19. The third-order valence-electron chi connectivity index (χ3n) is 4.81. The zero-order valence-corrected chi connectivity index (χ0v) is 19.7. The van der Waals surface area contributed by atoms with Crippen molar-refractivity contribution in [1.29, 1.82) is 0 Å². The summed E-state index contributed by atoms with van der Waals surface area (Å²) in [7, 11) is -3.68. The molecule has 2 aromatic rings. The lowest BCUT2D eigenvalue weighted by Gasteiger charge is -2.28. The second-order valence-electron chi connectivity index (χ2n) is 7.42. The smallest absolute Gasteiger partial charge is 0.338 e. The van der Waals surface area contributed by atoms with Crippen molar-refractivity contribution in [2.24, 2.45) is 0 Å². The Balaban J connectivity index is 2.73. The highest BCUT2D eigenvalue weighted by Crippen LogP contribution is 2.40. The van der Waals surface area contributed by atoms with Crippen molar-refractivity contribution in [3.05, 3.63) is 48.0 Å². The highest BCUT2D eigenvalue weighted by molar-refractivity contribution is 7.90. The maximum Gasteiger partial charge on any atom is 0.338 e. The summed E-state index contributed by atoms with van der Waals surface area (Å²) < 4.78 is 36.7. The zero-order valence-electron chi connectivity index (χ0n) is 18.9. The van der Waals surface area contributed by atoms with E-state index in [2.05, 4.69) is 18.7 Å². The van der Waals surface area contributed by atoms with Crippen molar-refractivity contribution >= 4 is 21.5 Å². The first kappa shape index (κ1) is 24.7. The second kappa shape index (κ2) is 11.7. The van der Waals surface area contributed by atoms with Gasteiger partial charge in [-0.25, -0.2) is 13.2 Å². The van der Waals surface area contributed by atoms with Crippen molar-refractivity contribution in [3.63, 3.8) is 0 Å². The summed E-state index contributed by atoms with van der Waals surface area (Å²) in [5.74, 6) is 0.225. The summed E-state index contributed by atoms with van der Waals surface area (Å²) in [5.41, 5.74) is 0.799. The molecule has 0 aliphatic rings. The third-order valence-corrected chi connectivity index (χ3v) is 5.92. The summed E-state index contributed by atoms with van der Waals surface area (Å²) in [6, 6.07) is 12.1. The molecule has 2 rings (SSSR count). The van der Waals surface area contributed by atoms with Crippen LogP contribution in [0.15, 0.2) is 47.4 Å². The Bertz CT molecular complexity index is 949. The summed E-state index contributed by atoms with van der Waals surface area (Å²) in [6.45, 7) is 7.61. The highest BCUT2D eigenvalue weighted by Gasteiger charge is 2.26. The summed E-state index contributed by atoms with van der Waals surface area (Å²) >= 11 is 0. The first-order valence-corrected chi connectivity index (χ1v) is 12.7. The summed E-state index contributed by atoms with van der Waals surface area (Å²) in [6.07, 6.45) is 4.99. The number of ether oxygens (including phenoxy) is 2. The lowest BCUT2D eigenvalue weighted by molar-refractivity contribution is 0.0526. The van der Waals surface area contributed by atoms with Gasteiger partial charge >= 0.3 is 5.97 Å². The van der Waals surface area contributed by atoms with E-state index in [4.69, 9.17) is 9.47 Å². The van der Waals surface area contributed by atoms with Gasteiger partial charge in [-0.05, 0) is 44.0 Å². The van der Waals surface area contributed by atoms with Gasteiger partial charge in [0, 0.05) is 19.3 Å². The van der Waals surface area contributed by atoms with Crippen LogP contribution in [0.4, 0.5) is 5.69 Å². The lowest BCUT2D eigenvalue weighted by atomic mass is 10.1. The number of sulfone groups is 1. The minimum Gasteiger partial charge on any atom is -0.462 e. The van der Waals surface area contributed by atoms with E-state index in [0.29, 0.717) is 11.4 Å². The largest absolute Gasteiger partial charge is 0.462 e. The van der Waals surface area contributed by atoms with Crippen LogP contribution in [-0.4, -0.2) is 40.3 Å². The van der Waals surface area contributed by atoms with Gasteiger partial charge in [-0.1, -0.05) is 44.9 Å². The molecule has 6 nitrogen and oxygen atoms in total. The highest BCUT2D eigenvalue weighted by atomic mass is 32.2. The molecule has 7 heteroatoms. The van der Waals surface area contributed by atoms with E-state index in [9.17, 15) is 13.2 Å². The van der Waals surface area contributed by atoms with E-state index in [1.54, 1.807) is 25.1 Å². The Morgan fingerprint density at radius 2 is 1.58 bits per heavy atom. The molecule has 0 spiro atoms. The first-order valence-electron chi connectivity index (χ1n) is 10.8.